The molecule has 2 aromatic rings. The van der Waals surface area contributed by atoms with Gasteiger partial charge in [-0.1, -0.05) is 28.9 Å². The third kappa shape index (κ3) is 5.79. The van der Waals surface area contributed by atoms with Crippen molar-refractivity contribution in [1.82, 2.24) is 0 Å². The van der Waals surface area contributed by atoms with Crippen LogP contribution in [0, 0.1) is 5.82 Å². The molecule has 0 amide bonds. The fourth-order valence-corrected chi connectivity index (χ4v) is 1.28. The van der Waals surface area contributed by atoms with Crippen molar-refractivity contribution >= 4 is 24.1 Å². The summed E-state index contributed by atoms with van der Waals surface area (Å²) in [5, 5.41) is 11.7. The summed E-state index contributed by atoms with van der Waals surface area (Å²) >= 11 is 5.60. The molecule has 0 radical (unpaired) electrons. The molecule has 19 heavy (non-hydrogen) atoms. The SMILES string of the molecule is O=Cc1ccc(F)cc1.ON=Cc1ccc(Cl)cc1. The molecular weight excluding hydrogens is 269 g/mol. The van der Waals surface area contributed by atoms with E-state index in [-0.39, 0.29) is 5.82 Å². The van der Waals surface area contributed by atoms with Crippen molar-refractivity contribution in [1.29, 1.82) is 0 Å². The van der Waals surface area contributed by atoms with E-state index in [0.29, 0.717) is 16.9 Å². The van der Waals surface area contributed by atoms with Gasteiger partial charge in [0.2, 0.25) is 0 Å². The zero-order valence-corrected chi connectivity index (χ0v) is 10.6. The van der Waals surface area contributed by atoms with Gasteiger partial charge in [0.05, 0.1) is 6.21 Å². The fourth-order valence-electron chi connectivity index (χ4n) is 1.16. The smallest absolute Gasteiger partial charge is 0.150 e. The van der Waals surface area contributed by atoms with E-state index >= 15 is 0 Å². The molecule has 0 aliphatic rings. The van der Waals surface area contributed by atoms with Crippen molar-refractivity contribution in [2.75, 3.05) is 0 Å². The van der Waals surface area contributed by atoms with Crippen LogP contribution < -0.4 is 0 Å². The molecule has 0 fully saturated rings. The third-order valence-electron chi connectivity index (χ3n) is 2.08. The molecule has 3 nitrogen and oxygen atoms in total. The Morgan fingerprint density at radius 2 is 1.53 bits per heavy atom. The predicted molar refractivity (Wildman–Crippen MR) is 72.6 cm³/mol. The normalized spacial score (nSPS) is 9.79. The van der Waals surface area contributed by atoms with Gasteiger partial charge in [0.1, 0.15) is 12.1 Å². The Labute approximate surface area is 114 Å². The van der Waals surface area contributed by atoms with E-state index in [1.165, 1.54) is 30.5 Å². The minimum absolute atomic E-state index is 0.319. The van der Waals surface area contributed by atoms with Crippen LogP contribution in [0.15, 0.2) is 53.7 Å². The number of rotatable bonds is 2. The molecule has 0 aliphatic carbocycles. The van der Waals surface area contributed by atoms with Crippen LogP contribution in [0.25, 0.3) is 0 Å². The number of nitrogens with zero attached hydrogens (tertiary/aromatic N) is 1. The highest BCUT2D eigenvalue weighted by molar-refractivity contribution is 6.30. The van der Waals surface area contributed by atoms with Gasteiger partial charge in [0, 0.05) is 10.6 Å². The van der Waals surface area contributed by atoms with Crippen LogP contribution in [0.2, 0.25) is 5.02 Å². The summed E-state index contributed by atoms with van der Waals surface area (Å²) in [7, 11) is 0. The second kappa shape index (κ2) is 8.00. The Balaban J connectivity index is 0.000000191. The van der Waals surface area contributed by atoms with Crippen molar-refractivity contribution in [2.45, 2.75) is 0 Å². The number of aldehydes is 1. The molecule has 1 N–H and O–H groups in total. The summed E-state index contributed by atoms with van der Waals surface area (Å²) in [5.41, 5.74) is 1.32. The molecule has 0 bridgehead atoms. The van der Waals surface area contributed by atoms with Crippen molar-refractivity contribution in [3.63, 3.8) is 0 Å². The number of halogens is 2. The summed E-state index contributed by atoms with van der Waals surface area (Å²) < 4.78 is 12.1. The molecule has 0 aromatic heterocycles. The lowest BCUT2D eigenvalue weighted by molar-refractivity contribution is 0.112. The van der Waals surface area contributed by atoms with Crippen LogP contribution in [0.1, 0.15) is 15.9 Å². The van der Waals surface area contributed by atoms with Crippen molar-refractivity contribution in [3.8, 4) is 0 Å². The van der Waals surface area contributed by atoms with E-state index in [2.05, 4.69) is 5.16 Å². The average Bonchev–Trinajstić information content (AvgIpc) is 2.43. The van der Waals surface area contributed by atoms with Crippen LogP contribution in [0.3, 0.4) is 0 Å². The second-order valence-electron chi connectivity index (χ2n) is 3.47. The number of oxime groups is 1. The topological polar surface area (TPSA) is 49.7 Å². The summed E-state index contributed by atoms with van der Waals surface area (Å²) in [6.45, 7) is 0. The van der Waals surface area contributed by atoms with Gasteiger partial charge < -0.3 is 5.21 Å². The van der Waals surface area contributed by atoms with E-state index in [4.69, 9.17) is 16.8 Å². The number of carbonyl (C=O) groups is 1. The molecule has 0 unspecified atom stereocenters. The molecule has 5 heteroatoms. The Bertz CT molecular complexity index is 538. The first-order valence-corrected chi connectivity index (χ1v) is 5.67. The second-order valence-corrected chi connectivity index (χ2v) is 3.90. The van der Waals surface area contributed by atoms with Crippen LogP contribution in [-0.4, -0.2) is 17.7 Å². The maximum absolute atomic E-state index is 12.1. The number of hydrogen-bond donors (Lipinski definition) is 1. The lowest BCUT2D eigenvalue weighted by atomic mass is 10.2. The molecular formula is C14H11ClFNO2. The van der Waals surface area contributed by atoms with Crippen LogP contribution in [0.4, 0.5) is 4.39 Å². The van der Waals surface area contributed by atoms with Gasteiger partial charge in [-0.3, -0.25) is 4.79 Å². The molecule has 0 atom stereocenters. The van der Waals surface area contributed by atoms with Crippen molar-refractivity contribution in [3.05, 3.63) is 70.5 Å². The molecule has 0 saturated heterocycles. The van der Waals surface area contributed by atoms with E-state index in [1.54, 1.807) is 24.3 Å². The zero-order chi connectivity index (χ0) is 14.1. The van der Waals surface area contributed by atoms with Gasteiger partial charge >= 0.3 is 0 Å². The Hall–Kier alpha value is -2.20. The van der Waals surface area contributed by atoms with Gasteiger partial charge in [0.25, 0.3) is 0 Å². The first-order valence-electron chi connectivity index (χ1n) is 5.29. The van der Waals surface area contributed by atoms with Gasteiger partial charge in [-0.25, -0.2) is 4.39 Å². The van der Waals surface area contributed by atoms with Gasteiger partial charge in [-0.2, -0.15) is 0 Å². The number of carbonyl (C=O) groups excluding carboxylic acids is 1. The lowest BCUT2D eigenvalue weighted by Crippen LogP contribution is -1.77. The number of benzene rings is 2. The summed E-state index contributed by atoms with van der Waals surface area (Å²) in [6, 6.07) is 12.4. The molecule has 0 aliphatic heterocycles. The maximum Gasteiger partial charge on any atom is 0.150 e. The first kappa shape index (κ1) is 14.9. The maximum atomic E-state index is 12.1. The summed E-state index contributed by atoms with van der Waals surface area (Å²) in [5.74, 6) is -0.319. The quantitative estimate of drug-likeness (QED) is 0.393. The molecule has 0 spiro atoms. The highest BCUT2D eigenvalue weighted by Gasteiger charge is 1.88. The number of hydrogen-bond acceptors (Lipinski definition) is 3. The van der Waals surface area contributed by atoms with E-state index in [1.807, 2.05) is 0 Å². The average molecular weight is 280 g/mol. The van der Waals surface area contributed by atoms with Crippen molar-refractivity contribution in [2.24, 2.45) is 5.16 Å². The highest BCUT2D eigenvalue weighted by Crippen LogP contribution is 2.07. The first-order chi connectivity index (χ1) is 9.15. The molecule has 0 heterocycles. The van der Waals surface area contributed by atoms with Gasteiger partial charge in [-0.15, -0.1) is 0 Å². The molecule has 2 rings (SSSR count). The van der Waals surface area contributed by atoms with Gasteiger partial charge in [0.15, 0.2) is 0 Å². The minimum atomic E-state index is -0.319. The Morgan fingerprint density at radius 1 is 1.00 bits per heavy atom. The lowest BCUT2D eigenvalue weighted by Gasteiger charge is -1.89. The standard InChI is InChI=1S/C7H6ClNO.C7H5FO/c8-7-3-1-6(2-4-7)5-9-10;8-7-3-1-6(5-9)2-4-7/h1-5,10H;1-5H. The fraction of sp³-hybridized carbons (Fsp3) is 0. The van der Waals surface area contributed by atoms with Crippen LogP contribution >= 0.6 is 11.6 Å². The summed E-state index contributed by atoms with van der Waals surface area (Å²) in [4.78, 5) is 10.00. The van der Waals surface area contributed by atoms with E-state index < -0.39 is 0 Å². The minimum Gasteiger partial charge on any atom is -0.411 e. The third-order valence-corrected chi connectivity index (χ3v) is 2.33. The van der Waals surface area contributed by atoms with E-state index in [0.717, 1.165) is 5.56 Å². The monoisotopic (exact) mass is 279 g/mol. The predicted octanol–water partition coefficient (Wildman–Crippen LogP) is 3.79. The highest BCUT2D eigenvalue weighted by atomic mass is 35.5. The Kier molecular flexibility index (Phi) is 6.26. The van der Waals surface area contributed by atoms with Gasteiger partial charge in [-0.05, 0) is 42.0 Å². The molecule has 0 saturated carbocycles. The zero-order valence-electron chi connectivity index (χ0n) is 9.83. The van der Waals surface area contributed by atoms with E-state index in [9.17, 15) is 9.18 Å². The largest absolute Gasteiger partial charge is 0.411 e. The molecule has 98 valence electrons. The van der Waals surface area contributed by atoms with Crippen molar-refractivity contribution < 1.29 is 14.4 Å². The Morgan fingerprint density at radius 3 is 2.00 bits per heavy atom. The van der Waals surface area contributed by atoms with Crippen LogP contribution in [-0.2, 0) is 0 Å². The molecule has 2 aromatic carbocycles. The van der Waals surface area contributed by atoms with Crippen LogP contribution in [0.5, 0.6) is 0 Å². The summed E-state index contributed by atoms with van der Waals surface area (Å²) in [6.07, 6.45) is 2.02.